The number of rotatable bonds is 1. The third kappa shape index (κ3) is 1.42. The Balaban J connectivity index is 2.11. The molecule has 64 valence electrons. The third-order valence-corrected chi connectivity index (χ3v) is 2.40. The van der Waals surface area contributed by atoms with E-state index in [2.05, 4.69) is 22.9 Å². The van der Waals surface area contributed by atoms with E-state index in [1.54, 1.807) is 0 Å². The van der Waals surface area contributed by atoms with Gasteiger partial charge in [0, 0.05) is 19.3 Å². The van der Waals surface area contributed by atoms with E-state index in [4.69, 9.17) is 0 Å². The van der Waals surface area contributed by atoms with Crippen molar-refractivity contribution in [3.8, 4) is 0 Å². The molecular formula is C10H14N2. The van der Waals surface area contributed by atoms with Crippen LogP contribution >= 0.6 is 0 Å². The molecule has 1 aromatic heterocycles. The van der Waals surface area contributed by atoms with Gasteiger partial charge < -0.3 is 4.90 Å². The highest BCUT2D eigenvalue weighted by molar-refractivity contribution is 5.38. The fraction of sp³-hybridized carbons (Fsp3) is 0.500. The second-order valence-electron chi connectivity index (χ2n) is 3.53. The highest BCUT2D eigenvalue weighted by atomic mass is 15.2. The number of hydrogen-bond donors (Lipinski definition) is 0. The van der Waals surface area contributed by atoms with Gasteiger partial charge in [0.05, 0.1) is 0 Å². The summed E-state index contributed by atoms with van der Waals surface area (Å²) in [6, 6.07) is 6.09. The first-order valence-corrected chi connectivity index (χ1v) is 4.52. The summed E-state index contributed by atoms with van der Waals surface area (Å²) >= 11 is 0. The molecule has 1 fully saturated rings. The van der Waals surface area contributed by atoms with Crippen LogP contribution in [0.5, 0.6) is 0 Å². The predicted octanol–water partition coefficient (Wildman–Crippen LogP) is 1.93. The van der Waals surface area contributed by atoms with Gasteiger partial charge >= 0.3 is 0 Å². The molecule has 2 heterocycles. The zero-order valence-corrected chi connectivity index (χ0v) is 7.40. The smallest absolute Gasteiger partial charge is 0.128 e. The van der Waals surface area contributed by atoms with Crippen LogP contribution in [-0.4, -0.2) is 18.1 Å². The number of aromatic nitrogens is 1. The maximum atomic E-state index is 4.32. The van der Waals surface area contributed by atoms with Crippen LogP contribution in [0.3, 0.4) is 0 Å². The quantitative estimate of drug-likeness (QED) is 0.627. The van der Waals surface area contributed by atoms with E-state index in [0.717, 1.165) is 24.8 Å². The van der Waals surface area contributed by atoms with Crippen molar-refractivity contribution >= 4 is 5.82 Å². The maximum Gasteiger partial charge on any atom is 0.128 e. The van der Waals surface area contributed by atoms with Crippen LogP contribution < -0.4 is 4.90 Å². The van der Waals surface area contributed by atoms with E-state index in [1.165, 1.54) is 6.42 Å². The van der Waals surface area contributed by atoms with Crippen LogP contribution in [-0.2, 0) is 0 Å². The van der Waals surface area contributed by atoms with Crippen LogP contribution in [0, 0.1) is 5.92 Å². The second-order valence-corrected chi connectivity index (χ2v) is 3.53. The normalized spacial score (nSPS) is 23.1. The lowest BCUT2D eigenvalue weighted by molar-refractivity contribution is 0.659. The van der Waals surface area contributed by atoms with E-state index < -0.39 is 0 Å². The highest BCUT2D eigenvalue weighted by Crippen LogP contribution is 2.20. The number of pyridine rings is 1. The highest BCUT2D eigenvalue weighted by Gasteiger charge is 2.18. The monoisotopic (exact) mass is 162 g/mol. The van der Waals surface area contributed by atoms with Gasteiger partial charge in [-0.25, -0.2) is 4.98 Å². The van der Waals surface area contributed by atoms with Crippen LogP contribution in [0.1, 0.15) is 13.3 Å². The lowest BCUT2D eigenvalue weighted by atomic mass is 10.2. The van der Waals surface area contributed by atoms with Gasteiger partial charge in [0.1, 0.15) is 5.82 Å². The summed E-state index contributed by atoms with van der Waals surface area (Å²) in [5.41, 5.74) is 0. The van der Waals surface area contributed by atoms with Gasteiger partial charge in [0.25, 0.3) is 0 Å². The Labute approximate surface area is 73.2 Å². The molecule has 1 unspecified atom stereocenters. The van der Waals surface area contributed by atoms with Gasteiger partial charge in [0.2, 0.25) is 0 Å². The lowest BCUT2D eigenvalue weighted by Crippen LogP contribution is -2.19. The minimum absolute atomic E-state index is 0.826. The van der Waals surface area contributed by atoms with Gasteiger partial charge in [-0.15, -0.1) is 0 Å². The van der Waals surface area contributed by atoms with Gasteiger partial charge in [-0.2, -0.15) is 0 Å². The van der Waals surface area contributed by atoms with Crippen molar-refractivity contribution in [3.63, 3.8) is 0 Å². The molecule has 0 radical (unpaired) electrons. The van der Waals surface area contributed by atoms with Crippen molar-refractivity contribution in [2.24, 2.45) is 5.92 Å². The number of hydrogen-bond acceptors (Lipinski definition) is 2. The maximum absolute atomic E-state index is 4.32. The molecule has 0 N–H and O–H groups in total. The molecule has 2 rings (SSSR count). The molecule has 0 saturated carbocycles. The molecule has 0 amide bonds. The van der Waals surface area contributed by atoms with Crippen molar-refractivity contribution < 1.29 is 0 Å². The molecule has 0 aliphatic carbocycles. The molecule has 1 aromatic rings. The van der Waals surface area contributed by atoms with E-state index in [9.17, 15) is 0 Å². The molecule has 1 aliphatic heterocycles. The fourth-order valence-corrected chi connectivity index (χ4v) is 1.68. The average Bonchev–Trinajstić information content (AvgIpc) is 2.54. The molecule has 0 spiro atoms. The van der Waals surface area contributed by atoms with E-state index in [1.807, 2.05) is 18.3 Å². The molecule has 0 bridgehead atoms. The first-order chi connectivity index (χ1) is 5.86. The summed E-state index contributed by atoms with van der Waals surface area (Å²) in [5.74, 6) is 1.95. The Hall–Kier alpha value is -1.05. The van der Waals surface area contributed by atoms with E-state index in [-0.39, 0.29) is 0 Å². The van der Waals surface area contributed by atoms with Gasteiger partial charge in [0.15, 0.2) is 0 Å². The van der Waals surface area contributed by atoms with Gasteiger partial charge in [-0.1, -0.05) is 13.0 Å². The van der Waals surface area contributed by atoms with Crippen molar-refractivity contribution in [1.82, 2.24) is 4.98 Å². The number of anilines is 1. The van der Waals surface area contributed by atoms with Crippen LogP contribution in [0.4, 0.5) is 5.82 Å². The van der Waals surface area contributed by atoms with Gasteiger partial charge in [-0.05, 0) is 24.5 Å². The van der Waals surface area contributed by atoms with Crippen molar-refractivity contribution in [2.75, 3.05) is 18.0 Å². The van der Waals surface area contributed by atoms with Crippen LogP contribution in [0.15, 0.2) is 24.4 Å². The second kappa shape index (κ2) is 3.13. The summed E-state index contributed by atoms with van der Waals surface area (Å²) in [5, 5.41) is 0. The van der Waals surface area contributed by atoms with Crippen LogP contribution in [0.25, 0.3) is 0 Å². The summed E-state index contributed by atoms with van der Waals surface area (Å²) in [6.07, 6.45) is 3.16. The van der Waals surface area contributed by atoms with Crippen LogP contribution in [0.2, 0.25) is 0 Å². The molecule has 2 heteroatoms. The zero-order chi connectivity index (χ0) is 8.39. The minimum Gasteiger partial charge on any atom is -0.356 e. The topological polar surface area (TPSA) is 16.1 Å². The number of nitrogens with zero attached hydrogens (tertiary/aromatic N) is 2. The van der Waals surface area contributed by atoms with Crippen molar-refractivity contribution in [1.29, 1.82) is 0 Å². The fourth-order valence-electron chi connectivity index (χ4n) is 1.68. The van der Waals surface area contributed by atoms with Crippen molar-refractivity contribution in [2.45, 2.75) is 13.3 Å². The third-order valence-electron chi connectivity index (χ3n) is 2.40. The molecule has 2 nitrogen and oxygen atoms in total. The lowest BCUT2D eigenvalue weighted by Gasteiger charge is -2.15. The SMILES string of the molecule is CC1CCN(c2ccccn2)C1. The summed E-state index contributed by atoms with van der Waals surface area (Å²) in [7, 11) is 0. The first-order valence-electron chi connectivity index (χ1n) is 4.52. The Morgan fingerprint density at radius 3 is 3.00 bits per heavy atom. The predicted molar refractivity (Wildman–Crippen MR) is 50.2 cm³/mol. The molecule has 0 aromatic carbocycles. The standard InChI is InChI=1S/C10H14N2/c1-9-5-7-12(8-9)10-4-2-3-6-11-10/h2-4,6,9H,5,7-8H2,1H3. The summed E-state index contributed by atoms with van der Waals surface area (Å²) < 4.78 is 0. The molecule has 1 saturated heterocycles. The largest absolute Gasteiger partial charge is 0.356 e. The molecule has 1 aliphatic rings. The van der Waals surface area contributed by atoms with E-state index >= 15 is 0 Å². The van der Waals surface area contributed by atoms with Gasteiger partial charge in [-0.3, -0.25) is 0 Å². The Morgan fingerprint density at radius 1 is 1.50 bits per heavy atom. The van der Waals surface area contributed by atoms with E-state index in [0.29, 0.717) is 0 Å². The Bertz CT molecular complexity index is 245. The molecule has 1 atom stereocenters. The van der Waals surface area contributed by atoms with Crippen molar-refractivity contribution in [3.05, 3.63) is 24.4 Å². The molecular weight excluding hydrogens is 148 g/mol. The summed E-state index contributed by atoms with van der Waals surface area (Å²) in [6.45, 7) is 4.62. The molecule has 12 heavy (non-hydrogen) atoms. The average molecular weight is 162 g/mol. The zero-order valence-electron chi connectivity index (χ0n) is 7.40. The summed E-state index contributed by atoms with van der Waals surface area (Å²) in [4.78, 5) is 6.67. The Morgan fingerprint density at radius 2 is 2.42 bits per heavy atom. The first kappa shape index (κ1) is 7.59. The minimum atomic E-state index is 0.826. The Kier molecular flexibility index (Phi) is 1.98.